The molecule has 1 aromatic rings. The molecular formula is C12H14O. The molecule has 1 nitrogen and oxygen atoms in total. The van der Waals surface area contributed by atoms with Crippen molar-refractivity contribution in [2.24, 2.45) is 0 Å². The Bertz CT molecular complexity index is 337. The average Bonchev–Trinajstić information content (AvgIpc) is 2.17. The summed E-state index contributed by atoms with van der Waals surface area (Å²) in [5.41, 5.74) is 3.97. The standard InChI is InChI=1S/C12H14O/c1-9(2)11-4-3-10-5-6-13-8-12(10)7-11/h3-7,9H,8H2,1-2H3. The van der Waals surface area contributed by atoms with Crippen LogP contribution in [0.4, 0.5) is 0 Å². The summed E-state index contributed by atoms with van der Waals surface area (Å²) in [6.07, 6.45) is 3.78. The van der Waals surface area contributed by atoms with Crippen molar-refractivity contribution in [3.63, 3.8) is 0 Å². The Balaban J connectivity index is 2.42. The minimum atomic E-state index is 0.594. The number of fused-ring (bicyclic) bond motifs is 1. The average molecular weight is 174 g/mol. The van der Waals surface area contributed by atoms with Crippen molar-refractivity contribution in [1.29, 1.82) is 0 Å². The van der Waals surface area contributed by atoms with Gasteiger partial charge >= 0.3 is 0 Å². The van der Waals surface area contributed by atoms with Crippen molar-refractivity contribution in [2.75, 3.05) is 0 Å². The van der Waals surface area contributed by atoms with Crippen molar-refractivity contribution in [2.45, 2.75) is 26.4 Å². The van der Waals surface area contributed by atoms with Crippen molar-refractivity contribution in [3.05, 3.63) is 41.2 Å². The lowest BCUT2D eigenvalue weighted by Crippen LogP contribution is -1.98. The molecule has 0 saturated heterocycles. The first-order chi connectivity index (χ1) is 6.27. The van der Waals surface area contributed by atoms with Crippen molar-refractivity contribution in [1.82, 2.24) is 0 Å². The van der Waals surface area contributed by atoms with Crippen LogP contribution in [0.25, 0.3) is 6.08 Å². The molecule has 1 aliphatic rings. The maximum atomic E-state index is 5.25. The zero-order valence-electron chi connectivity index (χ0n) is 8.08. The summed E-state index contributed by atoms with van der Waals surface area (Å²) < 4.78 is 5.25. The third-order valence-corrected chi connectivity index (χ3v) is 2.42. The van der Waals surface area contributed by atoms with Crippen LogP contribution in [0.5, 0.6) is 0 Å². The van der Waals surface area contributed by atoms with Crippen LogP contribution in [0.2, 0.25) is 0 Å². The molecule has 0 atom stereocenters. The third-order valence-electron chi connectivity index (χ3n) is 2.42. The van der Waals surface area contributed by atoms with Gasteiger partial charge in [0.2, 0.25) is 0 Å². The predicted molar refractivity (Wildman–Crippen MR) is 54.4 cm³/mol. The fourth-order valence-corrected chi connectivity index (χ4v) is 1.53. The molecule has 1 heterocycles. The van der Waals surface area contributed by atoms with Crippen molar-refractivity contribution in [3.8, 4) is 0 Å². The molecular weight excluding hydrogens is 160 g/mol. The van der Waals surface area contributed by atoms with Crippen LogP contribution >= 0.6 is 0 Å². The molecule has 1 aromatic carbocycles. The topological polar surface area (TPSA) is 9.23 Å². The van der Waals surface area contributed by atoms with Gasteiger partial charge in [-0.25, -0.2) is 0 Å². The lowest BCUT2D eigenvalue weighted by molar-refractivity contribution is 0.234. The smallest absolute Gasteiger partial charge is 0.113 e. The molecule has 0 fully saturated rings. The van der Waals surface area contributed by atoms with Gasteiger partial charge in [0, 0.05) is 0 Å². The second kappa shape index (κ2) is 3.25. The monoisotopic (exact) mass is 174 g/mol. The Labute approximate surface area is 79.0 Å². The molecule has 2 rings (SSSR count). The van der Waals surface area contributed by atoms with E-state index >= 15 is 0 Å². The van der Waals surface area contributed by atoms with Gasteiger partial charge in [-0.15, -0.1) is 0 Å². The molecule has 0 N–H and O–H groups in total. The normalized spacial score (nSPS) is 14.1. The number of hydrogen-bond donors (Lipinski definition) is 0. The van der Waals surface area contributed by atoms with Crippen LogP contribution in [-0.4, -0.2) is 0 Å². The summed E-state index contributed by atoms with van der Waals surface area (Å²) in [5, 5.41) is 0. The van der Waals surface area contributed by atoms with Gasteiger partial charge in [0.25, 0.3) is 0 Å². The van der Waals surface area contributed by atoms with Crippen LogP contribution in [0.3, 0.4) is 0 Å². The molecule has 13 heavy (non-hydrogen) atoms. The third kappa shape index (κ3) is 1.59. The first kappa shape index (κ1) is 8.36. The minimum absolute atomic E-state index is 0.594. The van der Waals surface area contributed by atoms with Crippen LogP contribution in [0.1, 0.15) is 36.5 Å². The van der Waals surface area contributed by atoms with Gasteiger partial charge in [0.05, 0.1) is 6.26 Å². The zero-order chi connectivity index (χ0) is 9.26. The molecule has 0 bridgehead atoms. The van der Waals surface area contributed by atoms with Crippen LogP contribution in [0.15, 0.2) is 24.5 Å². The second-order valence-electron chi connectivity index (χ2n) is 3.73. The van der Waals surface area contributed by atoms with Gasteiger partial charge in [-0.05, 0) is 28.7 Å². The summed E-state index contributed by atoms with van der Waals surface area (Å²) >= 11 is 0. The van der Waals surface area contributed by atoms with Crippen molar-refractivity contribution >= 4 is 6.08 Å². The maximum Gasteiger partial charge on any atom is 0.113 e. The van der Waals surface area contributed by atoms with Crippen LogP contribution < -0.4 is 0 Å². The van der Waals surface area contributed by atoms with Gasteiger partial charge < -0.3 is 4.74 Å². The first-order valence-electron chi connectivity index (χ1n) is 4.68. The molecule has 0 saturated carbocycles. The van der Waals surface area contributed by atoms with Crippen LogP contribution in [-0.2, 0) is 11.3 Å². The molecule has 0 aromatic heterocycles. The largest absolute Gasteiger partial charge is 0.496 e. The van der Waals surface area contributed by atoms with E-state index in [4.69, 9.17) is 4.74 Å². The van der Waals surface area contributed by atoms with Gasteiger partial charge in [0.1, 0.15) is 6.61 Å². The fraction of sp³-hybridized carbons (Fsp3) is 0.333. The van der Waals surface area contributed by atoms with E-state index in [0.717, 1.165) is 0 Å². The maximum absolute atomic E-state index is 5.25. The fourth-order valence-electron chi connectivity index (χ4n) is 1.53. The van der Waals surface area contributed by atoms with E-state index in [1.165, 1.54) is 16.7 Å². The molecule has 1 heteroatoms. The Morgan fingerprint density at radius 3 is 2.92 bits per heavy atom. The van der Waals surface area contributed by atoms with Gasteiger partial charge in [-0.1, -0.05) is 32.0 Å². The molecule has 0 radical (unpaired) electrons. The van der Waals surface area contributed by atoms with E-state index in [1.807, 2.05) is 6.08 Å². The number of ether oxygens (including phenoxy) is 1. The highest BCUT2D eigenvalue weighted by Gasteiger charge is 2.07. The van der Waals surface area contributed by atoms with Gasteiger partial charge in [-0.2, -0.15) is 0 Å². The van der Waals surface area contributed by atoms with Crippen LogP contribution in [0, 0.1) is 0 Å². The summed E-state index contributed by atoms with van der Waals surface area (Å²) in [5.74, 6) is 0.594. The minimum Gasteiger partial charge on any atom is -0.496 e. The first-order valence-corrected chi connectivity index (χ1v) is 4.68. The number of hydrogen-bond acceptors (Lipinski definition) is 1. The quantitative estimate of drug-likeness (QED) is 0.634. The van der Waals surface area contributed by atoms with Gasteiger partial charge in [-0.3, -0.25) is 0 Å². The molecule has 68 valence electrons. The summed E-state index contributed by atoms with van der Waals surface area (Å²) in [4.78, 5) is 0. The highest BCUT2D eigenvalue weighted by molar-refractivity contribution is 5.55. The summed E-state index contributed by atoms with van der Waals surface area (Å²) in [7, 11) is 0. The Morgan fingerprint density at radius 2 is 2.15 bits per heavy atom. The Kier molecular flexibility index (Phi) is 2.09. The zero-order valence-corrected chi connectivity index (χ0v) is 8.08. The number of benzene rings is 1. The van der Waals surface area contributed by atoms with E-state index < -0.39 is 0 Å². The predicted octanol–water partition coefficient (Wildman–Crippen LogP) is 3.31. The van der Waals surface area contributed by atoms with E-state index in [1.54, 1.807) is 6.26 Å². The molecule has 0 spiro atoms. The summed E-state index contributed by atoms with van der Waals surface area (Å²) in [6.45, 7) is 5.13. The van der Waals surface area contributed by atoms with Gasteiger partial charge in [0.15, 0.2) is 0 Å². The molecule has 1 aliphatic heterocycles. The lowest BCUT2D eigenvalue weighted by atomic mass is 9.97. The summed E-state index contributed by atoms with van der Waals surface area (Å²) in [6, 6.07) is 6.60. The Morgan fingerprint density at radius 1 is 1.31 bits per heavy atom. The highest BCUT2D eigenvalue weighted by Crippen LogP contribution is 2.22. The van der Waals surface area contributed by atoms with E-state index in [2.05, 4.69) is 32.0 Å². The van der Waals surface area contributed by atoms with Crippen molar-refractivity contribution < 1.29 is 4.74 Å². The molecule has 0 amide bonds. The molecule has 0 unspecified atom stereocenters. The SMILES string of the molecule is CC(C)c1ccc2c(c1)COC=C2. The second-order valence-corrected chi connectivity index (χ2v) is 3.73. The van der Waals surface area contributed by atoms with E-state index in [0.29, 0.717) is 12.5 Å². The van der Waals surface area contributed by atoms with E-state index in [9.17, 15) is 0 Å². The lowest BCUT2D eigenvalue weighted by Gasteiger charge is -2.14. The number of rotatable bonds is 1. The Hall–Kier alpha value is -1.24. The van der Waals surface area contributed by atoms with E-state index in [-0.39, 0.29) is 0 Å². The molecule has 0 aliphatic carbocycles. The highest BCUT2D eigenvalue weighted by atomic mass is 16.5.